The van der Waals surface area contributed by atoms with Crippen LogP contribution in [0.15, 0.2) is 12.1 Å². The Morgan fingerprint density at radius 2 is 1.74 bits per heavy atom. The highest BCUT2D eigenvalue weighted by molar-refractivity contribution is 5.92. The summed E-state index contributed by atoms with van der Waals surface area (Å²) in [5.41, 5.74) is 4.57. The zero-order valence-electron chi connectivity index (χ0n) is 12.4. The zero-order valence-corrected chi connectivity index (χ0v) is 12.4. The summed E-state index contributed by atoms with van der Waals surface area (Å²) in [7, 11) is 0. The van der Waals surface area contributed by atoms with E-state index >= 15 is 0 Å². The van der Waals surface area contributed by atoms with Gasteiger partial charge in [0.2, 0.25) is 5.91 Å². The van der Waals surface area contributed by atoms with E-state index in [0.717, 1.165) is 29.2 Å². The van der Waals surface area contributed by atoms with Gasteiger partial charge in [-0.25, -0.2) is 0 Å². The zero-order chi connectivity index (χ0) is 13.8. The molecule has 1 aliphatic carbocycles. The van der Waals surface area contributed by atoms with Crippen LogP contribution in [0.3, 0.4) is 0 Å². The number of carbonyl (C=O) groups is 1. The lowest BCUT2D eigenvalue weighted by atomic mass is 10.0. The van der Waals surface area contributed by atoms with Crippen LogP contribution in [0.4, 0.5) is 5.69 Å². The average Bonchev–Trinajstić information content (AvgIpc) is 2.84. The molecule has 0 heterocycles. The van der Waals surface area contributed by atoms with Crippen molar-refractivity contribution in [3.63, 3.8) is 0 Å². The molecule has 1 aliphatic rings. The first-order valence-electron chi connectivity index (χ1n) is 7.44. The maximum absolute atomic E-state index is 12.0. The van der Waals surface area contributed by atoms with Crippen LogP contribution < -0.4 is 5.32 Å². The molecule has 1 saturated carbocycles. The normalized spacial score (nSPS) is 15.7. The lowest BCUT2D eigenvalue weighted by molar-refractivity contribution is -0.116. The van der Waals surface area contributed by atoms with Crippen LogP contribution in [0.2, 0.25) is 0 Å². The first-order valence-corrected chi connectivity index (χ1v) is 7.44. The van der Waals surface area contributed by atoms with E-state index in [1.807, 2.05) is 0 Å². The third kappa shape index (κ3) is 3.82. The number of anilines is 1. The summed E-state index contributed by atoms with van der Waals surface area (Å²) in [6.45, 7) is 6.21. The minimum atomic E-state index is 0.168. The summed E-state index contributed by atoms with van der Waals surface area (Å²) in [6, 6.07) is 4.25. The molecule has 0 bridgehead atoms. The lowest BCUT2D eigenvalue weighted by Crippen LogP contribution is -2.14. The molecular formula is C17H25NO. The maximum atomic E-state index is 12.0. The van der Waals surface area contributed by atoms with Crippen LogP contribution in [0, 0.1) is 26.7 Å². The van der Waals surface area contributed by atoms with Gasteiger partial charge in [-0.15, -0.1) is 0 Å². The number of rotatable bonds is 4. The number of hydrogen-bond donors (Lipinski definition) is 1. The predicted molar refractivity (Wildman–Crippen MR) is 80.5 cm³/mol. The highest BCUT2D eigenvalue weighted by Crippen LogP contribution is 2.29. The van der Waals surface area contributed by atoms with E-state index < -0.39 is 0 Å². The lowest BCUT2D eigenvalue weighted by Gasteiger charge is -2.14. The largest absolute Gasteiger partial charge is 0.326 e. The van der Waals surface area contributed by atoms with E-state index in [0.29, 0.717) is 6.42 Å². The number of benzene rings is 1. The van der Waals surface area contributed by atoms with Gasteiger partial charge in [0.05, 0.1) is 0 Å². The number of nitrogens with one attached hydrogen (secondary N) is 1. The van der Waals surface area contributed by atoms with E-state index in [2.05, 4.69) is 38.2 Å². The van der Waals surface area contributed by atoms with Gasteiger partial charge in [0.15, 0.2) is 0 Å². The molecule has 0 unspecified atom stereocenters. The standard InChI is InChI=1S/C17H25NO/c1-12-10-13(2)17(14(3)11-12)18-16(19)9-8-15-6-4-5-7-15/h10-11,15H,4-9H2,1-3H3,(H,18,19). The molecular weight excluding hydrogens is 234 g/mol. The summed E-state index contributed by atoms with van der Waals surface area (Å²) < 4.78 is 0. The average molecular weight is 259 g/mol. The summed E-state index contributed by atoms with van der Waals surface area (Å²) in [4.78, 5) is 12.0. The number of amides is 1. The van der Waals surface area contributed by atoms with Crippen LogP contribution in [0.25, 0.3) is 0 Å². The molecule has 1 aromatic carbocycles. The van der Waals surface area contributed by atoms with Crippen molar-refractivity contribution < 1.29 is 4.79 Å². The van der Waals surface area contributed by atoms with Crippen molar-refractivity contribution in [3.05, 3.63) is 28.8 Å². The minimum Gasteiger partial charge on any atom is -0.326 e. The second-order valence-corrected chi connectivity index (χ2v) is 6.01. The van der Waals surface area contributed by atoms with Gasteiger partial charge >= 0.3 is 0 Å². The van der Waals surface area contributed by atoms with E-state index in [9.17, 15) is 4.79 Å². The number of carbonyl (C=O) groups excluding carboxylic acids is 1. The van der Waals surface area contributed by atoms with Gasteiger partial charge in [0.25, 0.3) is 0 Å². The van der Waals surface area contributed by atoms with Crippen molar-refractivity contribution >= 4 is 11.6 Å². The molecule has 0 atom stereocenters. The fraction of sp³-hybridized carbons (Fsp3) is 0.588. The Labute approximate surface area is 116 Å². The fourth-order valence-electron chi connectivity index (χ4n) is 3.21. The molecule has 1 amide bonds. The highest BCUT2D eigenvalue weighted by Gasteiger charge is 2.16. The van der Waals surface area contributed by atoms with E-state index in [1.54, 1.807) is 0 Å². The Morgan fingerprint density at radius 1 is 1.16 bits per heavy atom. The predicted octanol–water partition coefficient (Wildman–Crippen LogP) is 4.52. The van der Waals surface area contributed by atoms with Crippen LogP contribution >= 0.6 is 0 Å². The molecule has 2 nitrogen and oxygen atoms in total. The molecule has 19 heavy (non-hydrogen) atoms. The van der Waals surface area contributed by atoms with Crippen molar-refractivity contribution in [2.45, 2.75) is 59.3 Å². The van der Waals surface area contributed by atoms with Crippen LogP contribution in [0.5, 0.6) is 0 Å². The SMILES string of the molecule is Cc1cc(C)c(NC(=O)CCC2CCCC2)c(C)c1. The molecule has 0 radical (unpaired) electrons. The monoisotopic (exact) mass is 259 g/mol. The maximum Gasteiger partial charge on any atom is 0.224 e. The fourth-order valence-corrected chi connectivity index (χ4v) is 3.21. The van der Waals surface area contributed by atoms with E-state index in [4.69, 9.17) is 0 Å². The van der Waals surface area contributed by atoms with Crippen LogP contribution in [0.1, 0.15) is 55.2 Å². The molecule has 104 valence electrons. The van der Waals surface area contributed by atoms with Crippen LogP contribution in [-0.4, -0.2) is 5.91 Å². The quantitative estimate of drug-likeness (QED) is 0.846. The minimum absolute atomic E-state index is 0.168. The molecule has 2 heteroatoms. The van der Waals surface area contributed by atoms with E-state index in [1.165, 1.54) is 31.2 Å². The van der Waals surface area contributed by atoms with Gasteiger partial charge in [-0.1, -0.05) is 43.4 Å². The Bertz CT molecular complexity index is 435. The molecule has 1 N–H and O–H groups in total. The summed E-state index contributed by atoms with van der Waals surface area (Å²) >= 11 is 0. The Kier molecular flexibility index (Phi) is 4.62. The first-order chi connectivity index (χ1) is 9.06. The van der Waals surface area contributed by atoms with Crippen LogP contribution in [-0.2, 0) is 4.79 Å². The first kappa shape index (κ1) is 14.1. The van der Waals surface area contributed by atoms with Gasteiger partial charge in [0, 0.05) is 12.1 Å². The summed E-state index contributed by atoms with van der Waals surface area (Å²) in [6.07, 6.45) is 7.05. The number of hydrogen-bond acceptors (Lipinski definition) is 1. The van der Waals surface area contributed by atoms with Crippen molar-refractivity contribution in [1.29, 1.82) is 0 Å². The molecule has 0 aliphatic heterocycles. The summed E-state index contributed by atoms with van der Waals surface area (Å²) in [5, 5.41) is 3.09. The number of aryl methyl sites for hydroxylation is 3. The van der Waals surface area contributed by atoms with Gasteiger partial charge in [-0.05, 0) is 44.2 Å². The van der Waals surface area contributed by atoms with Crippen molar-refractivity contribution in [3.8, 4) is 0 Å². The summed E-state index contributed by atoms with van der Waals surface area (Å²) in [5.74, 6) is 0.952. The Balaban J connectivity index is 1.91. The third-order valence-electron chi connectivity index (χ3n) is 4.20. The Hall–Kier alpha value is -1.31. The van der Waals surface area contributed by atoms with Crippen molar-refractivity contribution in [1.82, 2.24) is 0 Å². The molecule has 1 aromatic rings. The second kappa shape index (κ2) is 6.23. The molecule has 0 saturated heterocycles. The van der Waals surface area contributed by atoms with E-state index in [-0.39, 0.29) is 5.91 Å². The van der Waals surface area contributed by atoms with Gasteiger partial charge in [0.1, 0.15) is 0 Å². The van der Waals surface area contributed by atoms with Gasteiger partial charge in [-0.3, -0.25) is 4.79 Å². The highest BCUT2D eigenvalue weighted by atomic mass is 16.1. The molecule has 2 rings (SSSR count). The topological polar surface area (TPSA) is 29.1 Å². The van der Waals surface area contributed by atoms with Crippen molar-refractivity contribution in [2.75, 3.05) is 5.32 Å². The van der Waals surface area contributed by atoms with Crippen molar-refractivity contribution in [2.24, 2.45) is 5.92 Å². The molecule has 0 spiro atoms. The van der Waals surface area contributed by atoms with Gasteiger partial charge in [-0.2, -0.15) is 0 Å². The third-order valence-corrected chi connectivity index (χ3v) is 4.20. The second-order valence-electron chi connectivity index (χ2n) is 6.01. The Morgan fingerprint density at radius 3 is 2.32 bits per heavy atom. The smallest absolute Gasteiger partial charge is 0.224 e. The molecule has 1 fully saturated rings. The molecule has 0 aromatic heterocycles. The van der Waals surface area contributed by atoms with Gasteiger partial charge < -0.3 is 5.32 Å².